The summed E-state index contributed by atoms with van der Waals surface area (Å²) in [6, 6.07) is 0. The molecule has 1 aliphatic heterocycles. The van der Waals surface area contributed by atoms with Crippen molar-refractivity contribution < 1.29 is 18.0 Å². The minimum atomic E-state index is -4.03. The molecule has 0 radical (unpaired) electrons. The molecule has 7 heteroatoms. The third-order valence-corrected chi connectivity index (χ3v) is 3.34. The summed E-state index contributed by atoms with van der Waals surface area (Å²) in [6.45, 7) is 1.81. The monoisotopic (exact) mass is 224 g/mol. The molecule has 0 aromatic carbocycles. The Hall–Kier alpha value is -0.270. The van der Waals surface area contributed by atoms with Gasteiger partial charge in [-0.2, -0.15) is 0 Å². The first kappa shape index (κ1) is 10.8. The molecule has 0 saturated carbocycles. The van der Waals surface area contributed by atoms with Gasteiger partial charge < -0.3 is 4.55 Å². The Morgan fingerprint density at radius 2 is 2.38 bits per heavy atom. The van der Waals surface area contributed by atoms with Crippen molar-refractivity contribution in [3.63, 3.8) is 0 Å². The number of nitrogens with one attached hydrogen (secondary N) is 2. The summed E-state index contributed by atoms with van der Waals surface area (Å²) in [5.41, 5.74) is 0. The van der Waals surface area contributed by atoms with Crippen LogP contribution >= 0.6 is 11.8 Å². The average molecular weight is 224 g/mol. The molecule has 0 aromatic heterocycles. The number of hydrogen-bond acceptors (Lipinski definition) is 5. The van der Waals surface area contributed by atoms with Crippen LogP contribution < -0.4 is 10.3 Å². The molecule has 2 N–H and O–H groups in total. The van der Waals surface area contributed by atoms with Gasteiger partial charge in [-0.3, -0.25) is 10.3 Å². The van der Waals surface area contributed by atoms with Gasteiger partial charge in [-0.1, -0.05) is 0 Å². The van der Waals surface area contributed by atoms with Crippen LogP contribution in [-0.4, -0.2) is 42.7 Å². The fourth-order valence-corrected chi connectivity index (χ4v) is 2.51. The lowest BCUT2D eigenvalue weighted by Gasteiger charge is -2.04. The maximum atomic E-state index is 10.2. The topological polar surface area (TPSA) is 83.2 Å². The molecule has 0 atom stereocenters. The first-order valence-electron chi connectivity index (χ1n) is 3.99. The van der Waals surface area contributed by atoms with Crippen LogP contribution in [-0.2, 0) is 10.1 Å². The Labute approximate surface area is 81.8 Å². The van der Waals surface area contributed by atoms with E-state index in [4.69, 9.17) is 0 Å². The second-order valence-electron chi connectivity index (χ2n) is 2.65. The van der Waals surface area contributed by atoms with Gasteiger partial charge in [0.15, 0.2) is 0 Å². The van der Waals surface area contributed by atoms with Crippen molar-refractivity contribution in [3.05, 3.63) is 0 Å². The van der Waals surface area contributed by atoms with E-state index >= 15 is 0 Å². The fourth-order valence-electron chi connectivity index (χ4n) is 0.927. The van der Waals surface area contributed by atoms with Gasteiger partial charge in [-0.25, -0.2) is 8.42 Å². The number of hydrogen-bond donors (Lipinski definition) is 2. The van der Waals surface area contributed by atoms with E-state index in [1.54, 1.807) is 0 Å². The molecule has 0 aliphatic carbocycles. The SMILES string of the molecule is O=S(=O)([O-])CCCSC1=[NH+]CCN1. The zero-order valence-corrected chi connectivity index (χ0v) is 8.71. The summed E-state index contributed by atoms with van der Waals surface area (Å²) in [6.07, 6.45) is 0.406. The largest absolute Gasteiger partial charge is 0.748 e. The van der Waals surface area contributed by atoms with E-state index < -0.39 is 10.1 Å². The summed E-state index contributed by atoms with van der Waals surface area (Å²) in [5, 5.41) is 4.07. The predicted octanol–water partition coefficient (Wildman–Crippen LogP) is -2.31. The van der Waals surface area contributed by atoms with Crippen LogP contribution in [0.25, 0.3) is 0 Å². The molecule has 0 saturated heterocycles. The first-order chi connectivity index (χ1) is 6.08. The summed E-state index contributed by atoms with van der Waals surface area (Å²) >= 11 is 1.52. The van der Waals surface area contributed by atoms with Gasteiger partial charge in [0.25, 0.3) is 0 Å². The van der Waals surface area contributed by atoms with Crippen molar-refractivity contribution in [1.29, 1.82) is 0 Å². The Morgan fingerprint density at radius 3 is 2.92 bits per heavy atom. The van der Waals surface area contributed by atoms with Crippen LogP contribution in [0.1, 0.15) is 6.42 Å². The van der Waals surface area contributed by atoms with Crippen LogP contribution in [0.15, 0.2) is 0 Å². The molecule has 0 amide bonds. The van der Waals surface area contributed by atoms with Crippen LogP contribution in [0.4, 0.5) is 0 Å². The molecule has 13 heavy (non-hydrogen) atoms. The summed E-state index contributed by atoms with van der Waals surface area (Å²) in [7, 11) is -4.03. The predicted molar refractivity (Wildman–Crippen MR) is 50.5 cm³/mol. The van der Waals surface area contributed by atoms with E-state index in [0.29, 0.717) is 12.2 Å². The van der Waals surface area contributed by atoms with Crippen molar-refractivity contribution in [1.82, 2.24) is 5.32 Å². The molecule has 1 aliphatic rings. The molecule has 0 unspecified atom stereocenters. The number of amidine groups is 1. The third kappa shape index (κ3) is 5.12. The molecule has 1 heterocycles. The normalized spacial score (nSPS) is 16.8. The van der Waals surface area contributed by atoms with Crippen molar-refractivity contribution in [2.45, 2.75) is 6.42 Å². The highest BCUT2D eigenvalue weighted by molar-refractivity contribution is 8.13. The summed E-state index contributed by atoms with van der Waals surface area (Å²) in [5.74, 6) is 0.379. The molecule has 0 fully saturated rings. The molecule has 76 valence electrons. The van der Waals surface area contributed by atoms with Gasteiger partial charge in [0.05, 0.1) is 10.1 Å². The Morgan fingerprint density at radius 1 is 1.62 bits per heavy atom. The minimum Gasteiger partial charge on any atom is -0.748 e. The van der Waals surface area contributed by atoms with Crippen molar-refractivity contribution in [2.24, 2.45) is 0 Å². The first-order valence-corrected chi connectivity index (χ1v) is 6.55. The number of rotatable bonds is 4. The van der Waals surface area contributed by atoms with Gasteiger partial charge in [0, 0.05) is 11.5 Å². The van der Waals surface area contributed by atoms with Gasteiger partial charge in [-0.05, 0) is 18.2 Å². The van der Waals surface area contributed by atoms with E-state index in [1.807, 2.05) is 0 Å². The van der Waals surface area contributed by atoms with E-state index in [2.05, 4.69) is 10.3 Å². The number of thioether (sulfide) groups is 1. The highest BCUT2D eigenvalue weighted by Crippen LogP contribution is 2.02. The second-order valence-corrected chi connectivity index (χ2v) is 5.28. The lowest BCUT2D eigenvalue weighted by molar-refractivity contribution is -0.441. The summed E-state index contributed by atoms with van der Waals surface area (Å²) in [4.78, 5) is 3.10. The molecule has 5 nitrogen and oxygen atoms in total. The fraction of sp³-hybridized carbons (Fsp3) is 0.833. The van der Waals surface area contributed by atoms with Gasteiger partial charge in [-0.15, -0.1) is 0 Å². The summed E-state index contributed by atoms with van der Waals surface area (Å²) < 4.78 is 30.7. The lowest BCUT2D eigenvalue weighted by atomic mass is 10.6. The van der Waals surface area contributed by atoms with E-state index in [0.717, 1.165) is 18.3 Å². The standard InChI is InChI=1S/C6H12N2O3S2/c9-13(10,11)5-1-4-12-6-7-2-3-8-6/h1-5H2,(H,7,8)(H,9,10,11). The van der Waals surface area contributed by atoms with E-state index in [1.165, 1.54) is 11.8 Å². The molecular weight excluding hydrogens is 212 g/mol. The van der Waals surface area contributed by atoms with Gasteiger partial charge in [0.1, 0.15) is 13.1 Å². The molecule has 0 bridgehead atoms. The lowest BCUT2D eigenvalue weighted by Crippen LogP contribution is -2.69. The maximum absolute atomic E-state index is 10.2. The second kappa shape index (κ2) is 4.83. The van der Waals surface area contributed by atoms with Crippen LogP contribution in [0.5, 0.6) is 0 Å². The highest BCUT2D eigenvalue weighted by atomic mass is 32.2. The van der Waals surface area contributed by atoms with Gasteiger partial charge in [0.2, 0.25) is 0 Å². The smallest absolute Gasteiger partial charge is 0.304 e. The zero-order valence-electron chi connectivity index (χ0n) is 7.08. The molecule has 0 aromatic rings. The maximum Gasteiger partial charge on any atom is 0.304 e. The molecule has 0 spiro atoms. The van der Waals surface area contributed by atoms with Crippen molar-refractivity contribution >= 4 is 27.0 Å². The molecule has 1 rings (SSSR count). The average Bonchev–Trinajstić information content (AvgIpc) is 2.48. The van der Waals surface area contributed by atoms with E-state index in [9.17, 15) is 13.0 Å². The quantitative estimate of drug-likeness (QED) is 0.414. The zero-order chi connectivity index (χ0) is 9.73. The third-order valence-electron chi connectivity index (χ3n) is 1.48. The molecular formula is C6H12N2O3S2. The minimum absolute atomic E-state index is 0.271. The Kier molecular flexibility index (Phi) is 4.01. The van der Waals surface area contributed by atoms with Crippen LogP contribution in [0, 0.1) is 0 Å². The van der Waals surface area contributed by atoms with Crippen molar-refractivity contribution in [2.75, 3.05) is 24.6 Å². The Balaban J connectivity index is 2.07. The Bertz CT molecular complexity index is 286. The van der Waals surface area contributed by atoms with Crippen LogP contribution in [0.3, 0.4) is 0 Å². The van der Waals surface area contributed by atoms with Gasteiger partial charge >= 0.3 is 5.17 Å². The van der Waals surface area contributed by atoms with E-state index in [-0.39, 0.29) is 5.75 Å². The van der Waals surface area contributed by atoms with Crippen molar-refractivity contribution in [3.8, 4) is 0 Å². The highest BCUT2D eigenvalue weighted by Gasteiger charge is 2.11. The van der Waals surface area contributed by atoms with Crippen LogP contribution in [0.2, 0.25) is 0 Å².